The van der Waals surface area contributed by atoms with E-state index >= 15 is 0 Å². The van der Waals surface area contributed by atoms with Gasteiger partial charge in [0.2, 0.25) is 0 Å². The van der Waals surface area contributed by atoms with Crippen molar-refractivity contribution in [3.05, 3.63) is 103 Å². The summed E-state index contributed by atoms with van der Waals surface area (Å²) in [5.41, 5.74) is 8.11. The third-order valence-electron chi connectivity index (χ3n) is 6.56. The highest BCUT2D eigenvalue weighted by molar-refractivity contribution is 6.16. The van der Waals surface area contributed by atoms with E-state index in [1.807, 2.05) is 0 Å². The molecule has 0 fully saturated rings. The van der Waals surface area contributed by atoms with Gasteiger partial charge >= 0.3 is 0 Å². The predicted molar refractivity (Wildman–Crippen MR) is 134 cm³/mol. The molecule has 0 bridgehead atoms. The molecule has 3 nitrogen and oxygen atoms in total. The number of rotatable bonds is 2. The lowest BCUT2D eigenvalue weighted by atomic mass is 10.1. The molecule has 0 unspecified atom stereocenters. The maximum atomic E-state index is 5.33. The van der Waals surface area contributed by atoms with Crippen LogP contribution < -0.4 is 0 Å². The number of allylic oxidation sites excluding steroid dienone is 4. The monoisotopic (exact) mass is 411 g/mol. The van der Waals surface area contributed by atoms with Crippen LogP contribution >= 0.6 is 0 Å². The van der Waals surface area contributed by atoms with Crippen LogP contribution in [0.3, 0.4) is 0 Å². The molecule has 3 aromatic heterocycles. The standard InChI is InChI=1S/C29H21N3/c1-3-11-20(12-4-1)31-26-18-10-8-16-23(26)28-27(31)19-24-22-15-7-9-17-25(22)32(29(24)30-28)21-13-5-2-6-14-21/h1-3,5-11,13-19H,4,12H2. The van der Waals surface area contributed by atoms with Crippen LogP contribution in [0.1, 0.15) is 12.8 Å². The van der Waals surface area contributed by atoms with Gasteiger partial charge in [0.05, 0.1) is 22.1 Å². The molecule has 0 radical (unpaired) electrons. The van der Waals surface area contributed by atoms with Crippen molar-refractivity contribution < 1.29 is 0 Å². The molecule has 7 rings (SSSR count). The van der Waals surface area contributed by atoms with Gasteiger partial charge in [-0.1, -0.05) is 66.7 Å². The summed E-state index contributed by atoms with van der Waals surface area (Å²) in [5, 5.41) is 3.62. The number of nitrogens with zero attached hydrogens (tertiary/aromatic N) is 3. The van der Waals surface area contributed by atoms with Gasteiger partial charge in [-0.2, -0.15) is 0 Å². The number of pyridine rings is 1. The minimum atomic E-state index is 1.00. The third kappa shape index (κ3) is 2.39. The highest BCUT2D eigenvalue weighted by Gasteiger charge is 2.20. The van der Waals surface area contributed by atoms with Crippen LogP contribution in [0.15, 0.2) is 103 Å². The molecular weight excluding hydrogens is 390 g/mol. The van der Waals surface area contributed by atoms with Crippen LogP contribution in [-0.4, -0.2) is 14.1 Å². The third-order valence-corrected chi connectivity index (χ3v) is 6.56. The molecule has 152 valence electrons. The number of aromatic nitrogens is 3. The first-order chi connectivity index (χ1) is 15.9. The van der Waals surface area contributed by atoms with Crippen LogP contribution in [0.25, 0.3) is 55.3 Å². The van der Waals surface area contributed by atoms with E-state index in [1.165, 1.54) is 38.4 Å². The zero-order valence-corrected chi connectivity index (χ0v) is 17.6. The minimum absolute atomic E-state index is 1.00. The molecular formula is C29H21N3. The Balaban J connectivity index is 1.68. The van der Waals surface area contributed by atoms with Crippen LogP contribution in [0, 0.1) is 0 Å². The maximum absolute atomic E-state index is 5.33. The van der Waals surface area contributed by atoms with Gasteiger partial charge in [-0.25, -0.2) is 4.98 Å². The SMILES string of the molecule is C1=CCCC(n2c3ccccc3c3nc4c(cc32)c2ccccc2n4-c2ccccc2)=C1. The van der Waals surface area contributed by atoms with Crippen molar-refractivity contribution in [3.63, 3.8) is 0 Å². The van der Waals surface area contributed by atoms with Gasteiger partial charge in [-0.05, 0) is 49.2 Å². The molecule has 3 heterocycles. The molecule has 0 atom stereocenters. The molecule has 6 aromatic rings. The summed E-state index contributed by atoms with van der Waals surface area (Å²) in [4.78, 5) is 5.33. The lowest BCUT2D eigenvalue weighted by molar-refractivity contribution is 0.979. The van der Waals surface area contributed by atoms with E-state index in [2.05, 4.69) is 112 Å². The fraction of sp³-hybridized carbons (Fsp3) is 0.0690. The Hall–Kier alpha value is -4.11. The number of hydrogen-bond donors (Lipinski definition) is 0. The predicted octanol–water partition coefficient (Wildman–Crippen LogP) is 7.48. The van der Waals surface area contributed by atoms with Gasteiger partial charge < -0.3 is 4.57 Å². The van der Waals surface area contributed by atoms with Crippen LogP contribution in [0.4, 0.5) is 0 Å². The van der Waals surface area contributed by atoms with Crippen molar-refractivity contribution in [2.75, 3.05) is 0 Å². The lowest BCUT2D eigenvalue weighted by Gasteiger charge is -2.13. The average molecular weight is 412 g/mol. The second-order valence-corrected chi connectivity index (χ2v) is 8.39. The molecule has 0 aliphatic heterocycles. The summed E-state index contributed by atoms with van der Waals surface area (Å²) in [6.07, 6.45) is 8.76. The molecule has 0 saturated carbocycles. The largest absolute Gasteiger partial charge is 0.311 e. The number of fused-ring (bicyclic) bond motifs is 6. The Bertz CT molecular complexity index is 1710. The molecule has 1 aliphatic carbocycles. The smallest absolute Gasteiger partial charge is 0.146 e. The number of para-hydroxylation sites is 3. The Morgan fingerprint density at radius 2 is 1.38 bits per heavy atom. The second-order valence-electron chi connectivity index (χ2n) is 8.39. The van der Waals surface area contributed by atoms with E-state index in [0.717, 1.165) is 29.7 Å². The summed E-state index contributed by atoms with van der Waals surface area (Å²) < 4.78 is 4.70. The van der Waals surface area contributed by atoms with Crippen molar-refractivity contribution in [1.29, 1.82) is 0 Å². The summed E-state index contributed by atoms with van der Waals surface area (Å²) in [6.45, 7) is 0. The van der Waals surface area contributed by atoms with Gasteiger partial charge in [-0.15, -0.1) is 0 Å². The molecule has 3 aromatic carbocycles. The fourth-order valence-electron chi connectivity index (χ4n) is 5.16. The van der Waals surface area contributed by atoms with Crippen LogP contribution in [-0.2, 0) is 0 Å². The topological polar surface area (TPSA) is 22.8 Å². The Morgan fingerprint density at radius 3 is 2.16 bits per heavy atom. The minimum Gasteiger partial charge on any atom is -0.311 e. The molecule has 1 aliphatic rings. The first-order valence-corrected chi connectivity index (χ1v) is 11.1. The zero-order chi connectivity index (χ0) is 21.1. The highest BCUT2D eigenvalue weighted by atomic mass is 15.1. The number of benzene rings is 3. The van der Waals surface area contributed by atoms with E-state index in [0.29, 0.717) is 0 Å². The van der Waals surface area contributed by atoms with Crippen LogP contribution in [0.2, 0.25) is 0 Å². The van der Waals surface area contributed by atoms with E-state index in [9.17, 15) is 0 Å². The van der Waals surface area contributed by atoms with Crippen molar-refractivity contribution >= 4 is 49.6 Å². The maximum Gasteiger partial charge on any atom is 0.146 e. The van der Waals surface area contributed by atoms with Gasteiger partial charge in [0.15, 0.2) is 0 Å². The average Bonchev–Trinajstić information content (AvgIpc) is 3.36. The van der Waals surface area contributed by atoms with E-state index in [1.54, 1.807) is 0 Å². The summed E-state index contributed by atoms with van der Waals surface area (Å²) >= 11 is 0. The molecule has 0 N–H and O–H groups in total. The summed E-state index contributed by atoms with van der Waals surface area (Å²) in [7, 11) is 0. The molecule has 3 heteroatoms. The Labute approximate surface area is 185 Å². The summed E-state index contributed by atoms with van der Waals surface area (Å²) in [5.74, 6) is 0. The van der Waals surface area contributed by atoms with E-state index in [4.69, 9.17) is 4.98 Å². The first kappa shape index (κ1) is 17.6. The first-order valence-electron chi connectivity index (χ1n) is 11.1. The van der Waals surface area contributed by atoms with Gasteiger partial charge in [-0.3, -0.25) is 4.57 Å². The van der Waals surface area contributed by atoms with Crippen molar-refractivity contribution in [1.82, 2.24) is 14.1 Å². The molecule has 32 heavy (non-hydrogen) atoms. The quantitative estimate of drug-likeness (QED) is 0.290. The molecule has 0 saturated heterocycles. The fourth-order valence-corrected chi connectivity index (χ4v) is 5.16. The lowest BCUT2D eigenvalue weighted by Crippen LogP contribution is -1.99. The van der Waals surface area contributed by atoms with E-state index < -0.39 is 0 Å². The second kappa shape index (κ2) is 6.69. The molecule has 0 amide bonds. The highest BCUT2D eigenvalue weighted by Crippen LogP contribution is 2.38. The van der Waals surface area contributed by atoms with Crippen LogP contribution in [0.5, 0.6) is 0 Å². The van der Waals surface area contributed by atoms with E-state index in [-0.39, 0.29) is 0 Å². The number of hydrogen-bond acceptors (Lipinski definition) is 1. The van der Waals surface area contributed by atoms with Gasteiger partial charge in [0.25, 0.3) is 0 Å². The van der Waals surface area contributed by atoms with Crippen molar-refractivity contribution in [2.45, 2.75) is 12.8 Å². The van der Waals surface area contributed by atoms with Crippen molar-refractivity contribution in [2.24, 2.45) is 0 Å². The molecule has 0 spiro atoms. The Kier molecular flexibility index (Phi) is 3.67. The zero-order valence-electron chi connectivity index (χ0n) is 17.6. The normalized spacial score (nSPS) is 14.1. The van der Waals surface area contributed by atoms with Gasteiger partial charge in [0, 0.05) is 27.5 Å². The van der Waals surface area contributed by atoms with Crippen molar-refractivity contribution in [3.8, 4) is 5.69 Å². The van der Waals surface area contributed by atoms with Gasteiger partial charge in [0.1, 0.15) is 5.65 Å². The summed E-state index contributed by atoms with van der Waals surface area (Å²) in [6, 6.07) is 30.1. The Morgan fingerprint density at radius 1 is 0.656 bits per heavy atom.